The van der Waals surface area contributed by atoms with Crippen LogP contribution in [0.25, 0.3) is 6.08 Å². The number of benzene rings is 2. The van der Waals surface area contributed by atoms with Crippen LogP contribution in [0.3, 0.4) is 0 Å². The Morgan fingerprint density at radius 2 is 1.76 bits per heavy atom. The van der Waals surface area contributed by atoms with Crippen molar-refractivity contribution in [2.75, 3.05) is 16.3 Å². The molecule has 2 aromatic rings. The van der Waals surface area contributed by atoms with Gasteiger partial charge in [0.1, 0.15) is 5.57 Å². The van der Waals surface area contributed by atoms with E-state index in [1.54, 1.807) is 18.2 Å². The number of hydrogen-bond acceptors (Lipinski definition) is 4. The van der Waals surface area contributed by atoms with Crippen molar-refractivity contribution in [1.29, 1.82) is 0 Å². The van der Waals surface area contributed by atoms with E-state index < -0.39 is 17.8 Å². The van der Waals surface area contributed by atoms with Gasteiger partial charge in [0.2, 0.25) is 0 Å². The van der Waals surface area contributed by atoms with Gasteiger partial charge in [0.05, 0.1) is 5.69 Å². The maximum atomic E-state index is 13.3. The van der Waals surface area contributed by atoms with Gasteiger partial charge in [-0.25, -0.2) is 9.69 Å². The summed E-state index contributed by atoms with van der Waals surface area (Å²) < 4.78 is 0. The summed E-state index contributed by atoms with van der Waals surface area (Å²) >= 11 is 0. The lowest BCUT2D eigenvalue weighted by molar-refractivity contribution is -0.122. The molecule has 0 saturated carbocycles. The van der Waals surface area contributed by atoms with Gasteiger partial charge in [-0.15, -0.1) is 0 Å². The highest BCUT2D eigenvalue weighted by Crippen LogP contribution is 2.44. The van der Waals surface area contributed by atoms with Crippen LogP contribution in [0.2, 0.25) is 0 Å². The average molecular weight is 460 g/mol. The number of rotatable bonds is 4. The molecule has 1 unspecified atom stereocenters. The smallest absolute Gasteiger partial charge is 0.335 e. The van der Waals surface area contributed by atoms with Crippen molar-refractivity contribution in [2.45, 2.75) is 65.8 Å². The van der Waals surface area contributed by atoms with Crippen molar-refractivity contribution >= 4 is 35.3 Å². The molecule has 1 atom stereocenters. The number of amides is 4. The standard InChI is InChI=1S/C28H33N3O3/c1-7-12-30-24-13-18(3)20(14-22(24)19(4)16-28(30,5)6)15-23-25(32)29-27(34)31(26(23)33)21-10-8-17(2)9-11-21/h8-11,13-15,19H,7,12,16H2,1-6H3,(H,29,32,34)/b23-15-. The molecule has 34 heavy (non-hydrogen) atoms. The van der Waals surface area contributed by atoms with Crippen molar-refractivity contribution in [3.8, 4) is 0 Å². The van der Waals surface area contributed by atoms with Gasteiger partial charge in [0.25, 0.3) is 11.8 Å². The average Bonchev–Trinajstić information content (AvgIpc) is 2.75. The topological polar surface area (TPSA) is 69.7 Å². The van der Waals surface area contributed by atoms with Crippen LogP contribution in [-0.4, -0.2) is 29.9 Å². The van der Waals surface area contributed by atoms with E-state index in [0.717, 1.165) is 41.0 Å². The van der Waals surface area contributed by atoms with Gasteiger partial charge in [0.15, 0.2) is 0 Å². The first kappa shape index (κ1) is 23.7. The summed E-state index contributed by atoms with van der Waals surface area (Å²) in [5, 5.41) is 2.32. The molecule has 2 aliphatic rings. The zero-order valence-electron chi connectivity index (χ0n) is 20.9. The fraction of sp³-hybridized carbons (Fsp3) is 0.393. The van der Waals surface area contributed by atoms with E-state index in [1.807, 2.05) is 26.0 Å². The van der Waals surface area contributed by atoms with Crippen LogP contribution in [-0.2, 0) is 9.59 Å². The Bertz CT molecular complexity index is 1190. The summed E-state index contributed by atoms with van der Waals surface area (Å²) in [5.41, 5.74) is 5.71. The van der Waals surface area contributed by atoms with Gasteiger partial charge >= 0.3 is 6.03 Å². The molecule has 6 heteroatoms. The summed E-state index contributed by atoms with van der Waals surface area (Å²) in [5.74, 6) is -0.939. The number of fused-ring (bicyclic) bond motifs is 1. The fourth-order valence-electron chi connectivity index (χ4n) is 5.19. The van der Waals surface area contributed by atoms with Crippen molar-refractivity contribution in [3.05, 3.63) is 64.2 Å². The van der Waals surface area contributed by atoms with Crippen molar-refractivity contribution in [3.63, 3.8) is 0 Å². The number of barbiturate groups is 1. The molecule has 2 aromatic carbocycles. The lowest BCUT2D eigenvalue weighted by atomic mass is 9.78. The minimum atomic E-state index is -0.732. The van der Waals surface area contributed by atoms with E-state index >= 15 is 0 Å². The van der Waals surface area contributed by atoms with Gasteiger partial charge in [-0.05, 0) is 93.5 Å². The summed E-state index contributed by atoms with van der Waals surface area (Å²) in [7, 11) is 0. The Kier molecular flexibility index (Phi) is 6.11. The number of nitrogens with zero attached hydrogens (tertiary/aromatic N) is 2. The first-order valence-electron chi connectivity index (χ1n) is 11.9. The van der Waals surface area contributed by atoms with Gasteiger partial charge in [0, 0.05) is 17.8 Å². The van der Waals surface area contributed by atoms with Crippen LogP contribution < -0.4 is 15.1 Å². The van der Waals surface area contributed by atoms with Crippen LogP contribution >= 0.6 is 0 Å². The largest absolute Gasteiger partial charge is 0.366 e. The van der Waals surface area contributed by atoms with Crippen molar-refractivity contribution < 1.29 is 14.4 Å². The summed E-state index contributed by atoms with van der Waals surface area (Å²) in [6, 6.07) is 10.6. The molecule has 0 bridgehead atoms. The lowest BCUT2D eigenvalue weighted by Crippen LogP contribution is -2.54. The molecule has 1 saturated heterocycles. The van der Waals surface area contributed by atoms with E-state index in [1.165, 1.54) is 11.3 Å². The number of urea groups is 1. The maximum absolute atomic E-state index is 13.3. The van der Waals surface area contributed by atoms with Crippen molar-refractivity contribution in [2.24, 2.45) is 0 Å². The zero-order chi connectivity index (χ0) is 24.8. The Morgan fingerprint density at radius 3 is 2.41 bits per heavy atom. The quantitative estimate of drug-likeness (QED) is 0.486. The Labute approximate surface area is 201 Å². The van der Waals surface area contributed by atoms with Gasteiger partial charge in [-0.2, -0.15) is 0 Å². The summed E-state index contributed by atoms with van der Waals surface area (Å²) in [6.07, 6.45) is 3.70. The molecule has 178 valence electrons. The van der Waals surface area contributed by atoms with Crippen LogP contribution in [0.1, 0.15) is 68.7 Å². The number of hydrogen-bond donors (Lipinski definition) is 1. The number of anilines is 2. The SMILES string of the molecule is CCCN1c2cc(C)c(/C=C3/C(=O)NC(=O)N(c4ccc(C)cc4)C3=O)cc2C(C)CC1(C)C. The summed E-state index contributed by atoms with van der Waals surface area (Å²) in [6.45, 7) is 13.9. The predicted molar refractivity (Wildman–Crippen MR) is 136 cm³/mol. The molecule has 1 fully saturated rings. The highest BCUT2D eigenvalue weighted by Gasteiger charge is 2.38. The normalized spacial score (nSPS) is 21.1. The molecule has 0 spiro atoms. The predicted octanol–water partition coefficient (Wildman–Crippen LogP) is 5.47. The van der Waals surface area contributed by atoms with Gasteiger partial charge < -0.3 is 4.90 Å². The monoisotopic (exact) mass is 459 g/mol. The Hall–Kier alpha value is -3.41. The van der Waals surface area contributed by atoms with E-state index in [0.29, 0.717) is 11.6 Å². The second kappa shape index (κ2) is 8.75. The highest BCUT2D eigenvalue weighted by atomic mass is 16.2. The van der Waals surface area contributed by atoms with Crippen LogP contribution in [0, 0.1) is 13.8 Å². The first-order valence-corrected chi connectivity index (χ1v) is 11.9. The number of carbonyl (C=O) groups is 3. The Balaban J connectivity index is 1.77. The fourth-order valence-corrected chi connectivity index (χ4v) is 5.19. The second-order valence-corrected chi connectivity index (χ2v) is 10.1. The van der Waals surface area contributed by atoms with Gasteiger partial charge in [-0.3, -0.25) is 14.9 Å². The number of carbonyl (C=O) groups excluding carboxylic acids is 3. The maximum Gasteiger partial charge on any atom is 0.335 e. The number of nitrogens with one attached hydrogen (secondary N) is 1. The van der Waals surface area contributed by atoms with Crippen molar-refractivity contribution in [1.82, 2.24) is 5.32 Å². The molecule has 1 N–H and O–H groups in total. The molecule has 2 aliphatic heterocycles. The van der Waals surface area contributed by atoms with Crippen LogP contribution in [0.15, 0.2) is 42.0 Å². The van der Waals surface area contributed by atoms with Gasteiger partial charge in [-0.1, -0.05) is 31.5 Å². The highest BCUT2D eigenvalue weighted by molar-refractivity contribution is 6.39. The summed E-state index contributed by atoms with van der Waals surface area (Å²) in [4.78, 5) is 42.0. The lowest BCUT2D eigenvalue weighted by Gasteiger charge is -2.48. The second-order valence-electron chi connectivity index (χ2n) is 10.1. The van der Waals surface area contributed by atoms with E-state index in [2.05, 4.69) is 50.0 Å². The van der Waals surface area contributed by atoms with E-state index in [9.17, 15) is 14.4 Å². The third-order valence-electron chi connectivity index (χ3n) is 6.91. The third-order valence-corrected chi connectivity index (χ3v) is 6.91. The molecule has 6 nitrogen and oxygen atoms in total. The Morgan fingerprint density at radius 1 is 1.09 bits per heavy atom. The van der Waals surface area contributed by atoms with E-state index in [4.69, 9.17) is 0 Å². The molecule has 2 heterocycles. The van der Waals surface area contributed by atoms with Crippen LogP contribution in [0.5, 0.6) is 0 Å². The number of imide groups is 2. The minimum Gasteiger partial charge on any atom is -0.366 e. The number of aryl methyl sites for hydroxylation is 2. The molecule has 4 amide bonds. The first-order chi connectivity index (χ1) is 16.0. The zero-order valence-corrected chi connectivity index (χ0v) is 20.9. The minimum absolute atomic E-state index is 0.0440. The van der Waals surface area contributed by atoms with E-state index in [-0.39, 0.29) is 11.1 Å². The van der Waals surface area contributed by atoms with Crippen LogP contribution in [0.4, 0.5) is 16.2 Å². The molecule has 0 radical (unpaired) electrons. The molecule has 4 rings (SSSR count). The third kappa shape index (κ3) is 4.13. The molecule has 0 aliphatic carbocycles. The molecular formula is C28H33N3O3. The molecule has 0 aromatic heterocycles. The molecular weight excluding hydrogens is 426 g/mol.